The Kier molecular flexibility index (Phi) is 11.0. The second kappa shape index (κ2) is 14.8. The van der Waals surface area contributed by atoms with E-state index >= 15 is 0 Å². The molecule has 0 saturated carbocycles. The summed E-state index contributed by atoms with van der Waals surface area (Å²) in [5.74, 6) is 2.46. The van der Waals surface area contributed by atoms with Gasteiger partial charge in [-0.15, -0.1) is 0 Å². The molecule has 6 atom stereocenters. The molecule has 0 aromatic heterocycles. The molecule has 8 rings (SSSR count). The summed E-state index contributed by atoms with van der Waals surface area (Å²) in [5.41, 5.74) is 18.2. The monoisotopic (exact) mass is 800 g/mol. The zero-order valence-corrected chi connectivity index (χ0v) is 36.2. The van der Waals surface area contributed by atoms with E-state index in [0.29, 0.717) is 29.6 Å². The second-order valence-electron chi connectivity index (χ2n) is 16.1. The number of halogens is 2. The van der Waals surface area contributed by atoms with Gasteiger partial charge >= 0.3 is 310 Å². The van der Waals surface area contributed by atoms with Crippen molar-refractivity contribution in [2.24, 2.45) is 17.8 Å². The molecule has 0 nitrogen and oxygen atoms in total. The van der Waals surface area contributed by atoms with E-state index in [1.54, 1.807) is 25.5 Å². The van der Waals surface area contributed by atoms with Crippen LogP contribution in [0.25, 0.3) is 27.5 Å². The van der Waals surface area contributed by atoms with Crippen molar-refractivity contribution in [2.45, 2.75) is 83.7 Å². The van der Waals surface area contributed by atoms with Gasteiger partial charge < -0.3 is 24.8 Å². The molecule has 0 heterocycles. The first kappa shape index (κ1) is 38.9. The van der Waals surface area contributed by atoms with Crippen LogP contribution in [-0.4, -0.2) is 3.71 Å². The Morgan fingerprint density at radius 3 is 2.00 bits per heavy atom. The molecule has 0 fully saturated rings. The fraction of sp³-hybridized carbons (Fsp3) is 0.327. The third-order valence-electron chi connectivity index (χ3n) is 13.7. The molecule has 6 unspecified atom stereocenters. The predicted octanol–water partition coefficient (Wildman–Crippen LogP) is 6.79. The van der Waals surface area contributed by atoms with Gasteiger partial charge in [-0.25, -0.2) is 0 Å². The van der Waals surface area contributed by atoms with Gasteiger partial charge in [-0.3, -0.25) is 0 Å². The van der Waals surface area contributed by atoms with Crippen molar-refractivity contribution in [1.82, 2.24) is 0 Å². The average Bonchev–Trinajstić information content (AvgIpc) is 3.66. The number of benzene rings is 5. The molecule has 0 amide bonds. The molecule has 0 radical (unpaired) electrons. The van der Waals surface area contributed by atoms with E-state index in [9.17, 15) is 0 Å². The fourth-order valence-electron chi connectivity index (χ4n) is 10.4. The van der Waals surface area contributed by atoms with Crippen molar-refractivity contribution in [2.75, 3.05) is 0 Å². The van der Waals surface area contributed by atoms with Gasteiger partial charge in [0.15, 0.2) is 0 Å². The molecule has 3 aliphatic rings. The van der Waals surface area contributed by atoms with Crippen molar-refractivity contribution < 1.29 is 46.1 Å². The van der Waals surface area contributed by atoms with Gasteiger partial charge in [-0.2, -0.15) is 0 Å². The summed E-state index contributed by atoms with van der Waals surface area (Å²) in [7, 11) is 0. The Balaban J connectivity index is 0.00000232. The first-order valence-electron chi connectivity index (χ1n) is 19.0. The molecule has 5 aromatic rings. The topological polar surface area (TPSA) is 0 Å². The molecule has 5 aromatic carbocycles. The van der Waals surface area contributed by atoms with E-state index in [1.165, 1.54) is 55.3 Å². The molecule has 3 aliphatic carbocycles. The second-order valence-corrected chi connectivity index (χ2v) is 23.1. The van der Waals surface area contributed by atoms with Gasteiger partial charge in [0.05, 0.1) is 0 Å². The van der Waals surface area contributed by atoms with Crippen LogP contribution in [0.5, 0.6) is 0 Å². The maximum absolute atomic E-state index is 2.92. The van der Waals surface area contributed by atoms with Crippen LogP contribution in [0.4, 0.5) is 0 Å². The van der Waals surface area contributed by atoms with Gasteiger partial charge in [0.2, 0.25) is 0 Å². The Hall–Kier alpha value is -2.83. The van der Waals surface area contributed by atoms with Gasteiger partial charge in [-0.1, -0.05) is 0 Å². The van der Waals surface area contributed by atoms with Crippen molar-refractivity contribution in [3.63, 3.8) is 0 Å². The number of fused-ring (bicyclic) bond motifs is 8. The van der Waals surface area contributed by atoms with E-state index in [1.807, 2.05) is 0 Å². The smallest absolute Gasteiger partial charge is 1.00 e. The minimum absolute atomic E-state index is 0. The fourth-order valence-corrected chi connectivity index (χ4v) is 19.9. The molecule has 0 N–H and O–H groups in total. The minimum Gasteiger partial charge on any atom is -1.00 e. The van der Waals surface area contributed by atoms with Crippen LogP contribution in [0.2, 0.25) is 0 Å². The Labute approximate surface area is 332 Å². The van der Waals surface area contributed by atoms with E-state index in [0.717, 1.165) is 6.42 Å². The summed E-state index contributed by atoms with van der Waals surface area (Å²) in [4.78, 5) is 0. The molecule has 266 valence electrons. The third-order valence-corrected chi connectivity index (χ3v) is 22.7. The number of aryl methyl sites for hydroxylation is 1. The van der Waals surface area contributed by atoms with Crippen molar-refractivity contribution in [3.05, 3.63) is 156 Å². The summed E-state index contributed by atoms with van der Waals surface area (Å²) < 4.78 is 4.76. The van der Waals surface area contributed by atoms with Crippen LogP contribution >= 0.6 is 0 Å². The summed E-state index contributed by atoms with van der Waals surface area (Å²) in [6, 6.07) is 34.4. The van der Waals surface area contributed by atoms with Crippen molar-refractivity contribution in [3.8, 4) is 11.1 Å². The van der Waals surface area contributed by atoms with Crippen LogP contribution in [0.15, 0.2) is 106 Å². The summed E-state index contributed by atoms with van der Waals surface area (Å²) in [6.45, 7) is 22.6. The van der Waals surface area contributed by atoms with Gasteiger partial charge in [0.1, 0.15) is 0 Å². The van der Waals surface area contributed by atoms with Gasteiger partial charge in [0, 0.05) is 0 Å². The summed E-state index contributed by atoms with van der Waals surface area (Å²) in [6.07, 6.45) is 6.28. The molecule has 0 bridgehead atoms. The first-order chi connectivity index (χ1) is 24.0. The van der Waals surface area contributed by atoms with Gasteiger partial charge in [0.25, 0.3) is 0 Å². The molecular formula is C49H52Cl2Zr. The Bertz CT molecular complexity index is 2260. The largest absolute Gasteiger partial charge is 1.00 e. The van der Waals surface area contributed by atoms with Crippen LogP contribution in [0, 0.1) is 38.5 Å². The third kappa shape index (κ3) is 5.84. The first-order valence-corrected chi connectivity index (χ1v) is 22.8. The normalized spacial score (nSPS) is 24.3. The van der Waals surface area contributed by atoms with Crippen LogP contribution in [0.3, 0.4) is 0 Å². The van der Waals surface area contributed by atoms with E-state index in [2.05, 4.69) is 169 Å². The van der Waals surface area contributed by atoms with Crippen molar-refractivity contribution in [1.29, 1.82) is 0 Å². The van der Waals surface area contributed by atoms with Gasteiger partial charge in [-0.05, 0) is 0 Å². The zero-order valence-electron chi connectivity index (χ0n) is 32.2. The number of hydrogen-bond acceptors (Lipinski definition) is 0. The molecule has 52 heavy (non-hydrogen) atoms. The van der Waals surface area contributed by atoms with E-state index < -0.39 is 21.3 Å². The minimum atomic E-state index is -2.69. The number of rotatable bonds is 5. The van der Waals surface area contributed by atoms with Crippen LogP contribution in [0.1, 0.15) is 103 Å². The Morgan fingerprint density at radius 1 is 0.712 bits per heavy atom. The molecule has 0 spiro atoms. The summed E-state index contributed by atoms with van der Waals surface area (Å²) >= 11 is -2.69. The van der Waals surface area contributed by atoms with Crippen LogP contribution in [-0.2, 0) is 30.8 Å². The molecule has 0 aliphatic heterocycles. The van der Waals surface area contributed by atoms with E-state index in [4.69, 9.17) is 0 Å². The summed E-state index contributed by atoms with van der Waals surface area (Å²) in [5, 5.41) is 2.96. The zero-order chi connectivity index (χ0) is 35.1. The maximum Gasteiger partial charge on any atom is -1.00 e. The molecular weight excluding hydrogens is 751 g/mol. The predicted molar refractivity (Wildman–Crippen MR) is 213 cm³/mol. The Morgan fingerprint density at radius 2 is 1.33 bits per heavy atom. The van der Waals surface area contributed by atoms with Crippen molar-refractivity contribution >= 4 is 20.1 Å². The average molecular weight is 803 g/mol. The standard InChI is InChI=1S/C29H33.C12H11.C8H8.2ClH.Zr/c1-14-13-24-25(18(5)15(14)2)21(8)28-27-20(7)17(4)16(3)19(6)26(27)22-11-9-10-12-23(22)29(24)28;1-10-7-8-12(9-10)11-5-3-2-4-6-11;1-2-8-6-4-3-5-7-8;;;/h9-13,16-17,19,21H,1-8H3;2-6,8-10H,1H3;1,3-7H,2H2;2*1H;/q;;;;;+2/p-2. The van der Waals surface area contributed by atoms with E-state index in [-0.39, 0.29) is 27.9 Å². The SMILES string of the molecule is Cc1cc2c(c(C)c1C)C(C)c1c3c(c4ccccc4c1-2)C(C)C(C)C(C)[C]3(C)[Zr+2](=[CH]Cc1ccccc1)[C]1=CC(c2ccccc2)=CC1C.[Cl-].[Cl-]. The van der Waals surface area contributed by atoms with Crippen LogP contribution < -0.4 is 24.8 Å². The number of hydrogen-bond donors (Lipinski definition) is 0. The molecule has 0 saturated heterocycles. The molecule has 3 heteroatoms. The maximum atomic E-state index is 2.92. The quantitative estimate of drug-likeness (QED) is 0.184. The number of allylic oxidation sites excluding steroid dienone is 4.